The van der Waals surface area contributed by atoms with Crippen LogP contribution in [0.4, 0.5) is 0 Å². The van der Waals surface area contributed by atoms with Gasteiger partial charge in [0.2, 0.25) is 0 Å². The maximum absolute atomic E-state index is 4.54. The second-order valence-electron chi connectivity index (χ2n) is 10.4. The van der Waals surface area contributed by atoms with Gasteiger partial charge < -0.3 is 0 Å². The normalized spacial score (nSPS) is 16.6. The summed E-state index contributed by atoms with van der Waals surface area (Å²) in [6.07, 6.45) is 26.2. The van der Waals surface area contributed by atoms with Gasteiger partial charge in [0.25, 0.3) is 0 Å². The van der Waals surface area contributed by atoms with E-state index in [0.29, 0.717) is 0 Å². The largest absolute Gasteiger partial charge is 0.279 e. The Bertz CT molecular complexity index is 660. The molecule has 0 amide bonds. The summed E-state index contributed by atoms with van der Waals surface area (Å²) in [5.74, 6) is 0. The van der Waals surface area contributed by atoms with Crippen molar-refractivity contribution in [2.75, 3.05) is 13.8 Å². The van der Waals surface area contributed by atoms with Gasteiger partial charge in [-0.05, 0) is 120 Å². The summed E-state index contributed by atoms with van der Waals surface area (Å²) in [7, 11) is 1.89. The van der Waals surface area contributed by atoms with Crippen LogP contribution < -0.4 is 0 Å². The van der Waals surface area contributed by atoms with Crippen LogP contribution in [0.1, 0.15) is 120 Å². The molecule has 1 saturated heterocycles. The van der Waals surface area contributed by atoms with Gasteiger partial charge in [0, 0.05) is 7.05 Å². The summed E-state index contributed by atoms with van der Waals surface area (Å²) in [5.41, 5.74) is 8.97. The van der Waals surface area contributed by atoms with Crippen LogP contribution in [-0.4, -0.2) is 18.8 Å². The van der Waals surface area contributed by atoms with Crippen molar-refractivity contribution in [1.82, 2.24) is 5.06 Å². The summed E-state index contributed by atoms with van der Waals surface area (Å²) in [6, 6.07) is 0. The summed E-state index contributed by atoms with van der Waals surface area (Å²) in [5, 5.41) is 1.75. The molecule has 0 saturated carbocycles. The molecule has 2 heteroatoms. The fourth-order valence-corrected chi connectivity index (χ4v) is 3.39. The molecule has 1 rings (SSSR count). The molecule has 34 heavy (non-hydrogen) atoms. The Morgan fingerprint density at radius 2 is 0.735 bits per heavy atom. The first-order chi connectivity index (χ1) is 16.1. The maximum Gasteiger partial charge on any atom is 0.143 e. The van der Waals surface area contributed by atoms with Crippen molar-refractivity contribution >= 4 is 0 Å². The number of nitrogens with zero attached hydrogens (tertiary/aromatic N) is 1. The molecule has 1 fully saturated rings. The van der Waals surface area contributed by atoms with Gasteiger partial charge in [0.1, 0.15) is 6.73 Å². The molecule has 0 spiro atoms. The van der Waals surface area contributed by atoms with Gasteiger partial charge in [-0.25, -0.2) is 0 Å². The summed E-state index contributed by atoms with van der Waals surface area (Å²) >= 11 is 0. The van der Waals surface area contributed by atoms with Gasteiger partial charge in [-0.15, -0.1) is 0 Å². The van der Waals surface area contributed by atoms with E-state index < -0.39 is 0 Å². The van der Waals surface area contributed by atoms with Crippen LogP contribution in [0.2, 0.25) is 0 Å². The highest BCUT2D eigenvalue weighted by Gasteiger charge is 2.08. The fourth-order valence-electron chi connectivity index (χ4n) is 3.39. The fraction of sp³-hybridized carbons (Fsp3) is 0.625. The van der Waals surface area contributed by atoms with E-state index in [1.54, 1.807) is 5.06 Å². The minimum atomic E-state index is 0.819. The first kappa shape index (κ1) is 32.4. The molecule has 194 valence electrons. The predicted molar refractivity (Wildman–Crippen MR) is 154 cm³/mol. The highest BCUT2D eigenvalue weighted by molar-refractivity contribution is 5.08. The maximum atomic E-state index is 4.54. The van der Waals surface area contributed by atoms with E-state index in [2.05, 4.69) is 96.7 Å². The van der Waals surface area contributed by atoms with E-state index in [4.69, 9.17) is 0 Å². The third kappa shape index (κ3) is 25.0. The number of hydrogen-bond donors (Lipinski definition) is 0. The molecule has 1 unspecified atom stereocenters. The molecule has 0 aromatic rings. The lowest BCUT2D eigenvalue weighted by Gasteiger charge is -2.02. The lowest BCUT2D eigenvalue weighted by Crippen LogP contribution is -1.82. The second-order valence-corrected chi connectivity index (χ2v) is 10.4. The van der Waals surface area contributed by atoms with Crippen LogP contribution in [0.5, 0.6) is 0 Å². The standard InChI is InChI=1S/C30H50.C2H5NO/c1-25(2)15-11-19-29(7)23-13-21-27(5)17-9-10-18-28(6)22-14-24-30(8)20-12-16-26(3)4;1-3-2-4-3/h15-18,23-24H,9-14,19-22H2,1-8H3;2H2,1H3/b27-17+,28-18+,29-23+,30-24+;. The zero-order valence-corrected chi connectivity index (χ0v) is 24.1. The lowest BCUT2D eigenvalue weighted by molar-refractivity contribution is 0.238. The highest BCUT2D eigenvalue weighted by Crippen LogP contribution is 2.14. The van der Waals surface area contributed by atoms with Crippen molar-refractivity contribution in [1.29, 1.82) is 0 Å². The Hall–Kier alpha value is -1.64. The van der Waals surface area contributed by atoms with Crippen molar-refractivity contribution < 1.29 is 4.84 Å². The van der Waals surface area contributed by atoms with Gasteiger partial charge in [0.05, 0.1) is 0 Å². The molecule has 0 aromatic heterocycles. The Balaban J connectivity index is 0.00000244. The van der Waals surface area contributed by atoms with Gasteiger partial charge in [0.15, 0.2) is 0 Å². The molecule has 1 aliphatic heterocycles. The van der Waals surface area contributed by atoms with Crippen LogP contribution in [-0.2, 0) is 4.84 Å². The van der Waals surface area contributed by atoms with Crippen molar-refractivity contribution in [3.8, 4) is 0 Å². The number of rotatable bonds is 15. The van der Waals surface area contributed by atoms with E-state index in [1.165, 1.54) is 97.6 Å². The average Bonchev–Trinajstić information content (AvgIpc) is 3.53. The highest BCUT2D eigenvalue weighted by atomic mass is 16.8. The molecule has 1 aliphatic rings. The van der Waals surface area contributed by atoms with E-state index in [0.717, 1.165) is 6.73 Å². The zero-order valence-electron chi connectivity index (χ0n) is 24.1. The van der Waals surface area contributed by atoms with Gasteiger partial charge in [-0.2, -0.15) is 5.06 Å². The first-order valence-electron chi connectivity index (χ1n) is 13.3. The van der Waals surface area contributed by atoms with Gasteiger partial charge >= 0.3 is 0 Å². The number of unbranched alkanes of at least 4 members (excludes halogenated alkanes) is 1. The Labute approximate surface area is 213 Å². The van der Waals surface area contributed by atoms with E-state index in [9.17, 15) is 0 Å². The first-order valence-corrected chi connectivity index (χ1v) is 13.3. The Kier molecular flexibility index (Phi) is 19.7. The van der Waals surface area contributed by atoms with Crippen LogP contribution in [0, 0.1) is 0 Å². The number of hydrogen-bond acceptors (Lipinski definition) is 2. The molecule has 0 radical (unpaired) electrons. The van der Waals surface area contributed by atoms with Crippen LogP contribution in [0.25, 0.3) is 0 Å². The topological polar surface area (TPSA) is 15.5 Å². The van der Waals surface area contributed by atoms with Crippen molar-refractivity contribution in [3.05, 3.63) is 69.9 Å². The molecule has 1 atom stereocenters. The van der Waals surface area contributed by atoms with E-state index >= 15 is 0 Å². The SMILES string of the molecule is CC(C)=CCC/C(C)=C/CC/C(C)=C/CC/C=C(\C)CC/C=C(\C)CCC=C(C)C.CN1CO1. The minimum absolute atomic E-state index is 0.819. The Morgan fingerprint density at radius 1 is 0.500 bits per heavy atom. The quantitative estimate of drug-likeness (QED) is 0.135. The summed E-state index contributed by atoms with van der Waals surface area (Å²) in [6.45, 7) is 18.6. The molecular formula is C32H55NO. The molecule has 0 N–H and O–H groups in total. The van der Waals surface area contributed by atoms with Crippen molar-refractivity contribution in [2.45, 2.75) is 120 Å². The van der Waals surface area contributed by atoms with Crippen molar-refractivity contribution in [3.63, 3.8) is 0 Å². The van der Waals surface area contributed by atoms with E-state index in [1.807, 2.05) is 7.05 Å². The molecule has 0 aromatic carbocycles. The zero-order chi connectivity index (χ0) is 25.8. The van der Waals surface area contributed by atoms with Gasteiger partial charge in [-0.3, -0.25) is 4.84 Å². The number of hydroxylamine groups is 2. The molecule has 2 nitrogen and oxygen atoms in total. The predicted octanol–water partition coefficient (Wildman–Crippen LogP) is 10.4. The smallest absolute Gasteiger partial charge is 0.143 e. The lowest BCUT2D eigenvalue weighted by atomic mass is 10.0. The van der Waals surface area contributed by atoms with Crippen LogP contribution in [0.15, 0.2) is 69.9 Å². The van der Waals surface area contributed by atoms with Crippen LogP contribution in [0.3, 0.4) is 0 Å². The monoisotopic (exact) mass is 469 g/mol. The van der Waals surface area contributed by atoms with E-state index in [-0.39, 0.29) is 0 Å². The van der Waals surface area contributed by atoms with Crippen LogP contribution >= 0.6 is 0 Å². The minimum Gasteiger partial charge on any atom is -0.279 e. The average molecular weight is 470 g/mol. The molecule has 0 bridgehead atoms. The number of allylic oxidation sites excluding steroid dienone is 12. The third-order valence-corrected chi connectivity index (χ3v) is 5.79. The summed E-state index contributed by atoms with van der Waals surface area (Å²) in [4.78, 5) is 4.54. The van der Waals surface area contributed by atoms with Gasteiger partial charge in [-0.1, -0.05) is 69.9 Å². The van der Waals surface area contributed by atoms with Crippen molar-refractivity contribution in [2.24, 2.45) is 0 Å². The third-order valence-electron chi connectivity index (χ3n) is 5.79. The Morgan fingerprint density at radius 3 is 0.971 bits per heavy atom. The molecule has 0 aliphatic carbocycles. The molecule has 1 heterocycles. The summed E-state index contributed by atoms with van der Waals surface area (Å²) < 4.78 is 0. The molecular weight excluding hydrogens is 414 g/mol. The second kappa shape index (κ2) is 20.7.